The Balaban J connectivity index is 1.38. The Morgan fingerprint density at radius 2 is 2.12 bits per heavy atom. The third kappa shape index (κ3) is 3.58. The first kappa shape index (κ1) is 15.9. The smallest absolute Gasteiger partial charge is 0.254 e. The van der Waals surface area contributed by atoms with Crippen molar-refractivity contribution >= 4 is 11.4 Å². The van der Waals surface area contributed by atoms with Crippen LogP contribution in [0.1, 0.15) is 12.0 Å². The number of ether oxygens (including phenoxy) is 2. The van der Waals surface area contributed by atoms with E-state index in [4.69, 9.17) is 18.8 Å². The molecule has 132 valence electrons. The van der Waals surface area contributed by atoms with Gasteiger partial charge >= 0.3 is 0 Å². The number of morpholine rings is 1. The number of rotatable bonds is 5. The van der Waals surface area contributed by atoms with Crippen LogP contribution in [0, 0.1) is 5.82 Å². The van der Waals surface area contributed by atoms with Crippen LogP contribution in [0.5, 0.6) is 5.88 Å². The van der Waals surface area contributed by atoms with E-state index in [1.165, 1.54) is 12.3 Å². The molecule has 7 nitrogen and oxygen atoms in total. The molecule has 0 bridgehead atoms. The Kier molecular flexibility index (Phi) is 4.51. The van der Waals surface area contributed by atoms with Crippen LogP contribution >= 0.6 is 0 Å². The molecule has 0 amide bonds. The Labute approximate surface area is 143 Å². The number of hydrogen-bond acceptors (Lipinski definition) is 7. The van der Waals surface area contributed by atoms with Crippen LogP contribution in [0.25, 0.3) is 0 Å². The van der Waals surface area contributed by atoms with Crippen molar-refractivity contribution in [1.29, 1.82) is 0 Å². The van der Waals surface area contributed by atoms with E-state index in [1.807, 2.05) is 11.0 Å². The molecule has 0 N–H and O–H groups in total. The number of aromatic nitrogens is 1. The topological polar surface area (TPSA) is 69.3 Å². The highest BCUT2D eigenvalue weighted by Gasteiger charge is 2.24. The molecule has 1 aromatic carbocycles. The van der Waals surface area contributed by atoms with Gasteiger partial charge in [-0.15, -0.1) is 0 Å². The van der Waals surface area contributed by atoms with Gasteiger partial charge in [0, 0.05) is 31.1 Å². The first-order valence-corrected chi connectivity index (χ1v) is 8.18. The van der Waals surface area contributed by atoms with E-state index < -0.39 is 0 Å². The predicted octanol–water partition coefficient (Wildman–Crippen LogP) is 2.22. The highest BCUT2D eigenvalue weighted by atomic mass is 19.1. The minimum atomic E-state index is -0.260. The second-order valence-electron chi connectivity index (χ2n) is 5.88. The summed E-state index contributed by atoms with van der Waals surface area (Å²) in [5.41, 5.74) is 2.03. The number of nitrogens with zero attached hydrogens (tertiary/aromatic N) is 3. The lowest BCUT2D eigenvalue weighted by molar-refractivity contribution is 0.0446. The van der Waals surface area contributed by atoms with E-state index in [2.05, 4.69) is 10.3 Å². The van der Waals surface area contributed by atoms with Gasteiger partial charge in [-0.1, -0.05) is 11.2 Å². The normalized spacial score (nSPS) is 20.3. The number of halogens is 1. The van der Waals surface area contributed by atoms with Crippen LogP contribution < -0.4 is 9.64 Å². The molecule has 8 heteroatoms. The van der Waals surface area contributed by atoms with Crippen LogP contribution in [0.2, 0.25) is 0 Å². The van der Waals surface area contributed by atoms with E-state index in [0.717, 1.165) is 5.56 Å². The summed E-state index contributed by atoms with van der Waals surface area (Å²) in [7, 11) is 0. The molecular formula is C17H18FN3O4. The molecule has 0 aliphatic carbocycles. The van der Waals surface area contributed by atoms with Crippen molar-refractivity contribution in [2.75, 3.05) is 37.8 Å². The van der Waals surface area contributed by atoms with Crippen LogP contribution in [0.4, 0.5) is 10.1 Å². The van der Waals surface area contributed by atoms with Crippen molar-refractivity contribution < 1.29 is 23.2 Å². The first-order chi connectivity index (χ1) is 12.3. The molecule has 2 aliphatic heterocycles. The monoisotopic (exact) mass is 347 g/mol. The summed E-state index contributed by atoms with van der Waals surface area (Å²) in [6.07, 6.45) is 1.76. The SMILES string of the molecule is Fc1cc(C2=NOC(COc3ccon3)C2)ccc1N1CCOCC1. The fourth-order valence-electron chi connectivity index (χ4n) is 2.89. The molecule has 3 heterocycles. The molecule has 1 atom stereocenters. The average Bonchev–Trinajstić information content (AvgIpc) is 3.32. The zero-order valence-electron chi connectivity index (χ0n) is 13.6. The quantitative estimate of drug-likeness (QED) is 0.826. The highest BCUT2D eigenvalue weighted by molar-refractivity contribution is 6.01. The fraction of sp³-hybridized carbons (Fsp3) is 0.412. The molecule has 2 aliphatic rings. The highest BCUT2D eigenvalue weighted by Crippen LogP contribution is 2.24. The predicted molar refractivity (Wildman–Crippen MR) is 87.5 cm³/mol. The zero-order chi connectivity index (χ0) is 17.1. The van der Waals surface area contributed by atoms with E-state index in [9.17, 15) is 4.39 Å². The van der Waals surface area contributed by atoms with Crippen molar-refractivity contribution in [2.45, 2.75) is 12.5 Å². The molecule has 1 fully saturated rings. The van der Waals surface area contributed by atoms with Crippen molar-refractivity contribution in [1.82, 2.24) is 5.16 Å². The van der Waals surface area contributed by atoms with Gasteiger partial charge in [-0.2, -0.15) is 0 Å². The Morgan fingerprint density at radius 3 is 2.88 bits per heavy atom. The van der Waals surface area contributed by atoms with Crippen molar-refractivity contribution in [2.24, 2.45) is 5.16 Å². The third-order valence-corrected chi connectivity index (χ3v) is 4.20. The van der Waals surface area contributed by atoms with Gasteiger partial charge in [0.05, 0.1) is 24.6 Å². The molecule has 1 aromatic heterocycles. The lowest BCUT2D eigenvalue weighted by Crippen LogP contribution is -2.36. The van der Waals surface area contributed by atoms with Gasteiger partial charge < -0.3 is 23.7 Å². The fourth-order valence-corrected chi connectivity index (χ4v) is 2.89. The maximum absolute atomic E-state index is 14.5. The lowest BCUT2D eigenvalue weighted by Gasteiger charge is -2.29. The van der Waals surface area contributed by atoms with Crippen molar-refractivity contribution in [3.8, 4) is 5.88 Å². The van der Waals surface area contributed by atoms with E-state index in [1.54, 1.807) is 12.1 Å². The number of oxime groups is 1. The van der Waals surface area contributed by atoms with Crippen LogP contribution in [-0.2, 0) is 9.57 Å². The number of hydrogen-bond donors (Lipinski definition) is 0. The first-order valence-electron chi connectivity index (χ1n) is 8.18. The van der Waals surface area contributed by atoms with Crippen molar-refractivity contribution in [3.63, 3.8) is 0 Å². The minimum Gasteiger partial charge on any atom is -0.471 e. The van der Waals surface area contributed by atoms with Crippen LogP contribution in [0.3, 0.4) is 0 Å². The van der Waals surface area contributed by atoms with Gasteiger partial charge in [-0.3, -0.25) is 0 Å². The zero-order valence-corrected chi connectivity index (χ0v) is 13.6. The summed E-state index contributed by atoms with van der Waals surface area (Å²) in [6.45, 7) is 2.93. The van der Waals surface area contributed by atoms with E-state index in [-0.39, 0.29) is 11.9 Å². The second kappa shape index (κ2) is 7.10. The molecule has 1 saturated heterocycles. The molecule has 4 rings (SSSR count). The molecule has 25 heavy (non-hydrogen) atoms. The molecule has 0 saturated carbocycles. The largest absolute Gasteiger partial charge is 0.471 e. The van der Waals surface area contributed by atoms with Crippen molar-refractivity contribution in [3.05, 3.63) is 41.9 Å². The Bertz CT molecular complexity index is 744. The molecule has 0 spiro atoms. The number of benzene rings is 1. The minimum absolute atomic E-state index is 0.228. The maximum atomic E-state index is 14.5. The van der Waals surface area contributed by atoms with E-state index in [0.29, 0.717) is 56.6 Å². The molecular weight excluding hydrogens is 329 g/mol. The van der Waals surface area contributed by atoms with Gasteiger partial charge in [-0.25, -0.2) is 4.39 Å². The van der Waals surface area contributed by atoms with Gasteiger partial charge in [-0.05, 0) is 17.3 Å². The van der Waals surface area contributed by atoms with Gasteiger partial charge in [0.15, 0.2) is 6.10 Å². The summed E-state index contributed by atoms with van der Waals surface area (Å²) in [5, 5.41) is 7.73. The summed E-state index contributed by atoms with van der Waals surface area (Å²) in [5.74, 6) is 0.141. The third-order valence-electron chi connectivity index (χ3n) is 4.20. The Morgan fingerprint density at radius 1 is 1.24 bits per heavy atom. The average molecular weight is 347 g/mol. The molecule has 0 radical (unpaired) electrons. The maximum Gasteiger partial charge on any atom is 0.254 e. The summed E-state index contributed by atoms with van der Waals surface area (Å²) in [4.78, 5) is 7.35. The summed E-state index contributed by atoms with van der Waals surface area (Å²) in [6, 6.07) is 6.79. The van der Waals surface area contributed by atoms with Crippen LogP contribution in [0.15, 0.2) is 40.2 Å². The van der Waals surface area contributed by atoms with Gasteiger partial charge in [0.25, 0.3) is 5.88 Å². The van der Waals surface area contributed by atoms with Gasteiger partial charge in [0.1, 0.15) is 18.7 Å². The molecule has 2 aromatic rings. The lowest BCUT2D eigenvalue weighted by atomic mass is 10.0. The second-order valence-corrected chi connectivity index (χ2v) is 5.88. The Hall–Kier alpha value is -2.61. The summed E-state index contributed by atoms with van der Waals surface area (Å²) >= 11 is 0. The van der Waals surface area contributed by atoms with Crippen LogP contribution in [-0.4, -0.2) is 49.9 Å². The van der Waals surface area contributed by atoms with Gasteiger partial charge in [0.2, 0.25) is 0 Å². The summed E-state index contributed by atoms with van der Waals surface area (Å²) < 4.78 is 29.9. The van der Waals surface area contributed by atoms with E-state index >= 15 is 0 Å². The number of anilines is 1. The standard InChI is InChI=1S/C17H18FN3O4/c18-14-9-12(1-2-16(14)21-4-7-22-8-5-21)15-10-13(25-19-15)11-23-17-3-6-24-20-17/h1-3,6,9,13H,4-5,7-8,10-11H2. The molecule has 1 unspecified atom stereocenters.